The van der Waals surface area contributed by atoms with Gasteiger partial charge in [-0.05, 0) is 0 Å². The van der Waals surface area contributed by atoms with Crippen molar-refractivity contribution in [1.82, 2.24) is 0 Å². The van der Waals surface area contributed by atoms with Crippen LogP contribution in [0.25, 0.3) is 0 Å². The summed E-state index contributed by atoms with van der Waals surface area (Å²) >= 11 is 0. The molecular weight excluding hydrogens is 158 g/mol. The molecule has 0 heterocycles. The first-order chi connectivity index (χ1) is 5.49. The Morgan fingerprint density at radius 2 is 1.75 bits per heavy atom. The lowest BCUT2D eigenvalue weighted by molar-refractivity contribution is -0.137. The molecule has 0 aromatic rings. The summed E-state index contributed by atoms with van der Waals surface area (Å²) in [5.74, 6) is -2.05. The van der Waals surface area contributed by atoms with Crippen molar-refractivity contribution in [3.63, 3.8) is 0 Å². The normalized spacial score (nSPS) is 12.2. The zero-order valence-electron chi connectivity index (χ0n) is 7.29. The maximum atomic E-state index is 10.9. The number of hydrogen-bond acceptors (Lipinski definition) is 3. The van der Waals surface area contributed by atoms with Crippen molar-refractivity contribution in [2.45, 2.75) is 26.7 Å². The minimum Gasteiger partial charge on any atom is -0.369 e. The van der Waals surface area contributed by atoms with Gasteiger partial charge < -0.3 is 5.73 Å². The minimum absolute atomic E-state index is 0.0675. The highest BCUT2D eigenvalue weighted by Gasteiger charge is 2.18. The number of ketones is 2. The lowest BCUT2D eigenvalue weighted by Crippen LogP contribution is -2.25. The summed E-state index contributed by atoms with van der Waals surface area (Å²) in [5, 5.41) is 0. The average Bonchev–Trinajstić information content (AvgIpc) is 2.02. The molecule has 0 saturated heterocycles. The second-order valence-electron chi connectivity index (χ2n) is 2.71. The Hall–Kier alpha value is -1.19. The quantitative estimate of drug-likeness (QED) is 0.593. The largest absolute Gasteiger partial charge is 0.369 e. The van der Waals surface area contributed by atoms with E-state index in [-0.39, 0.29) is 12.8 Å². The van der Waals surface area contributed by atoms with E-state index in [1.54, 1.807) is 6.92 Å². The molecule has 0 saturated carbocycles. The Morgan fingerprint density at radius 3 is 2.08 bits per heavy atom. The van der Waals surface area contributed by atoms with Gasteiger partial charge >= 0.3 is 0 Å². The van der Waals surface area contributed by atoms with Gasteiger partial charge in [0.2, 0.25) is 5.91 Å². The van der Waals surface area contributed by atoms with E-state index < -0.39 is 23.4 Å². The summed E-state index contributed by atoms with van der Waals surface area (Å²) in [6.07, 6.45) is 0.117. The molecule has 4 heteroatoms. The molecule has 1 atom stereocenters. The fourth-order valence-electron chi connectivity index (χ4n) is 0.690. The zero-order valence-corrected chi connectivity index (χ0v) is 7.29. The first kappa shape index (κ1) is 10.8. The number of amides is 1. The highest BCUT2D eigenvalue weighted by molar-refractivity contribution is 6.37. The van der Waals surface area contributed by atoms with Gasteiger partial charge in [-0.3, -0.25) is 14.4 Å². The monoisotopic (exact) mass is 171 g/mol. The van der Waals surface area contributed by atoms with Crippen LogP contribution in [0.2, 0.25) is 0 Å². The van der Waals surface area contributed by atoms with Crippen molar-refractivity contribution in [2.24, 2.45) is 11.7 Å². The molecule has 1 unspecified atom stereocenters. The molecule has 0 fully saturated rings. The van der Waals surface area contributed by atoms with Crippen LogP contribution in [0.5, 0.6) is 0 Å². The lowest BCUT2D eigenvalue weighted by Gasteiger charge is -2.03. The number of hydrogen-bond donors (Lipinski definition) is 1. The Balaban J connectivity index is 4.01. The molecule has 0 aliphatic heterocycles. The Morgan fingerprint density at radius 1 is 1.25 bits per heavy atom. The molecular formula is C8H13NO3. The first-order valence-corrected chi connectivity index (χ1v) is 3.84. The highest BCUT2D eigenvalue weighted by atomic mass is 16.2. The van der Waals surface area contributed by atoms with Crippen LogP contribution in [0.4, 0.5) is 0 Å². The predicted octanol–water partition coefficient (Wildman–Crippen LogP) is 0.0461. The van der Waals surface area contributed by atoms with Crippen LogP contribution in [0.3, 0.4) is 0 Å². The van der Waals surface area contributed by atoms with Gasteiger partial charge in [-0.15, -0.1) is 0 Å². The maximum absolute atomic E-state index is 10.9. The average molecular weight is 171 g/mol. The highest BCUT2D eigenvalue weighted by Crippen LogP contribution is 2.02. The molecule has 0 radical (unpaired) electrons. The topological polar surface area (TPSA) is 77.2 Å². The molecule has 68 valence electrons. The standard InChI is InChI=1S/C8H13NO3/c1-3-6(10)7(11)4-5(2)8(9)12/h5H,3-4H2,1-2H3,(H2,9,12). The molecule has 0 rings (SSSR count). The summed E-state index contributed by atoms with van der Waals surface area (Å²) in [7, 11) is 0. The Bertz CT molecular complexity index is 210. The Kier molecular flexibility index (Phi) is 4.18. The summed E-state index contributed by atoms with van der Waals surface area (Å²) in [6, 6.07) is 0. The molecule has 2 N–H and O–H groups in total. The molecule has 0 bridgehead atoms. The number of rotatable bonds is 5. The lowest BCUT2D eigenvalue weighted by atomic mass is 10.0. The van der Waals surface area contributed by atoms with Crippen molar-refractivity contribution in [3.8, 4) is 0 Å². The smallest absolute Gasteiger partial charge is 0.220 e. The number of carbonyl (C=O) groups excluding carboxylic acids is 3. The van der Waals surface area contributed by atoms with Crippen LogP contribution in [-0.2, 0) is 14.4 Å². The molecule has 4 nitrogen and oxygen atoms in total. The van der Waals surface area contributed by atoms with Crippen LogP contribution < -0.4 is 5.73 Å². The summed E-state index contributed by atoms with van der Waals surface area (Å²) in [4.78, 5) is 32.2. The van der Waals surface area contributed by atoms with Gasteiger partial charge in [0.25, 0.3) is 0 Å². The fourth-order valence-corrected chi connectivity index (χ4v) is 0.690. The van der Waals surface area contributed by atoms with Gasteiger partial charge in [-0.2, -0.15) is 0 Å². The summed E-state index contributed by atoms with van der Waals surface area (Å²) in [5.41, 5.74) is 4.92. The van der Waals surface area contributed by atoms with Gasteiger partial charge in [0.15, 0.2) is 11.6 Å². The second-order valence-corrected chi connectivity index (χ2v) is 2.71. The minimum atomic E-state index is -0.549. The summed E-state index contributed by atoms with van der Waals surface area (Å²) < 4.78 is 0. The van der Waals surface area contributed by atoms with E-state index in [1.165, 1.54) is 6.92 Å². The van der Waals surface area contributed by atoms with Crippen molar-refractivity contribution < 1.29 is 14.4 Å². The third-order valence-corrected chi connectivity index (χ3v) is 1.61. The number of primary amides is 1. The van der Waals surface area contributed by atoms with E-state index in [9.17, 15) is 14.4 Å². The maximum Gasteiger partial charge on any atom is 0.220 e. The number of Topliss-reactive ketones (excluding diaryl/α,β-unsaturated/α-hetero) is 2. The molecule has 0 aliphatic rings. The van der Waals surface area contributed by atoms with E-state index >= 15 is 0 Å². The van der Waals surface area contributed by atoms with E-state index in [0.29, 0.717) is 0 Å². The van der Waals surface area contributed by atoms with Crippen LogP contribution in [0.15, 0.2) is 0 Å². The molecule has 0 aromatic carbocycles. The van der Waals surface area contributed by atoms with Crippen molar-refractivity contribution in [3.05, 3.63) is 0 Å². The van der Waals surface area contributed by atoms with Gasteiger partial charge in [-0.25, -0.2) is 0 Å². The third-order valence-electron chi connectivity index (χ3n) is 1.61. The van der Waals surface area contributed by atoms with Crippen molar-refractivity contribution >= 4 is 17.5 Å². The van der Waals surface area contributed by atoms with Gasteiger partial charge in [0.05, 0.1) is 0 Å². The molecule has 0 aliphatic carbocycles. The molecule has 1 amide bonds. The van der Waals surface area contributed by atoms with Crippen molar-refractivity contribution in [1.29, 1.82) is 0 Å². The van der Waals surface area contributed by atoms with Crippen LogP contribution in [-0.4, -0.2) is 17.5 Å². The van der Waals surface area contributed by atoms with Gasteiger partial charge in [0.1, 0.15) is 0 Å². The zero-order chi connectivity index (χ0) is 9.72. The Labute approximate surface area is 71.1 Å². The predicted molar refractivity (Wildman–Crippen MR) is 43.3 cm³/mol. The van der Waals surface area contributed by atoms with E-state index in [4.69, 9.17) is 5.73 Å². The fraction of sp³-hybridized carbons (Fsp3) is 0.625. The number of nitrogens with two attached hydrogens (primary N) is 1. The van der Waals surface area contributed by atoms with E-state index in [1.807, 2.05) is 0 Å². The van der Waals surface area contributed by atoms with Crippen LogP contribution >= 0.6 is 0 Å². The SMILES string of the molecule is CCC(=O)C(=O)CC(C)C(N)=O. The first-order valence-electron chi connectivity index (χ1n) is 3.84. The third kappa shape index (κ3) is 3.27. The van der Waals surface area contributed by atoms with Gasteiger partial charge in [0, 0.05) is 18.8 Å². The second kappa shape index (κ2) is 4.64. The van der Waals surface area contributed by atoms with E-state index in [2.05, 4.69) is 0 Å². The van der Waals surface area contributed by atoms with E-state index in [0.717, 1.165) is 0 Å². The van der Waals surface area contributed by atoms with Crippen LogP contribution in [0, 0.1) is 5.92 Å². The van der Waals surface area contributed by atoms with Crippen molar-refractivity contribution in [2.75, 3.05) is 0 Å². The number of carbonyl (C=O) groups is 3. The molecule has 0 aromatic heterocycles. The van der Waals surface area contributed by atoms with Crippen LogP contribution in [0.1, 0.15) is 26.7 Å². The summed E-state index contributed by atoms with van der Waals surface area (Å²) in [6.45, 7) is 3.14. The molecule has 12 heavy (non-hydrogen) atoms. The molecule has 0 spiro atoms. The van der Waals surface area contributed by atoms with Gasteiger partial charge in [-0.1, -0.05) is 13.8 Å².